The van der Waals surface area contributed by atoms with E-state index in [9.17, 15) is 9.90 Å². The third-order valence-corrected chi connectivity index (χ3v) is 2.52. The SMILES string of the molecule is O=C(O)Cc1cc2cccc(O)c2nc1Cl. The summed E-state index contributed by atoms with van der Waals surface area (Å²) in [6.07, 6.45) is -0.183. The lowest BCUT2D eigenvalue weighted by atomic mass is 10.1. The number of aromatic nitrogens is 1. The average molecular weight is 238 g/mol. The van der Waals surface area contributed by atoms with E-state index >= 15 is 0 Å². The zero-order valence-electron chi connectivity index (χ0n) is 8.14. The minimum atomic E-state index is -0.969. The van der Waals surface area contributed by atoms with Crippen molar-refractivity contribution in [2.45, 2.75) is 6.42 Å². The van der Waals surface area contributed by atoms with Crippen LogP contribution in [0.1, 0.15) is 5.56 Å². The van der Waals surface area contributed by atoms with Crippen molar-refractivity contribution in [3.05, 3.63) is 35.0 Å². The van der Waals surface area contributed by atoms with Gasteiger partial charge in [-0.3, -0.25) is 4.79 Å². The van der Waals surface area contributed by atoms with Crippen molar-refractivity contribution >= 4 is 28.5 Å². The number of hydrogen-bond acceptors (Lipinski definition) is 3. The summed E-state index contributed by atoms with van der Waals surface area (Å²) >= 11 is 5.83. The average Bonchev–Trinajstić information content (AvgIpc) is 2.20. The number of phenolic OH excluding ortho intramolecular Hbond substituents is 1. The fraction of sp³-hybridized carbons (Fsp3) is 0.0909. The molecule has 0 aliphatic carbocycles. The van der Waals surface area contributed by atoms with Crippen LogP contribution in [0.2, 0.25) is 5.15 Å². The molecule has 0 fully saturated rings. The quantitative estimate of drug-likeness (QED) is 0.786. The second kappa shape index (κ2) is 3.98. The molecule has 5 heteroatoms. The third kappa shape index (κ3) is 1.92. The number of aromatic hydroxyl groups is 1. The number of carboxylic acids is 1. The molecule has 0 spiro atoms. The highest BCUT2D eigenvalue weighted by Crippen LogP contribution is 2.26. The molecule has 0 aliphatic rings. The largest absolute Gasteiger partial charge is 0.506 e. The summed E-state index contributed by atoms with van der Waals surface area (Å²) in [6.45, 7) is 0. The number of benzene rings is 1. The molecule has 0 unspecified atom stereocenters. The number of hydrogen-bond donors (Lipinski definition) is 2. The second-order valence-corrected chi connectivity index (χ2v) is 3.72. The first-order valence-corrected chi connectivity index (χ1v) is 4.94. The van der Waals surface area contributed by atoms with Crippen molar-refractivity contribution in [3.63, 3.8) is 0 Å². The predicted octanol–water partition coefficient (Wildman–Crippen LogP) is 2.22. The number of fused-ring (bicyclic) bond motifs is 1. The summed E-state index contributed by atoms with van der Waals surface area (Å²) < 4.78 is 0. The Bertz CT molecular complexity index is 568. The Morgan fingerprint density at radius 1 is 1.44 bits per heavy atom. The molecule has 0 radical (unpaired) electrons. The normalized spacial score (nSPS) is 10.6. The molecule has 1 heterocycles. The number of pyridine rings is 1. The van der Waals surface area contributed by atoms with Crippen LogP contribution >= 0.6 is 11.6 Å². The van der Waals surface area contributed by atoms with Gasteiger partial charge in [-0.2, -0.15) is 0 Å². The van der Waals surface area contributed by atoms with Crippen molar-refractivity contribution in [1.29, 1.82) is 0 Å². The van der Waals surface area contributed by atoms with E-state index in [1.165, 1.54) is 6.07 Å². The number of aliphatic carboxylic acids is 1. The van der Waals surface area contributed by atoms with Crippen LogP contribution in [0.5, 0.6) is 5.75 Å². The lowest BCUT2D eigenvalue weighted by molar-refractivity contribution is -0.136. The van der Waals surface area contributed by atoms with E-state index in [1.54, 1.807) is 18.2 Å². The Balaban J connectivity index is 2.63. The first-order valence-electron chi connectivity index (χ1n) is 4.57. The van der Waals surface area contributed by atoms with Crippen LogP contribution < -0.4 is 0 Å². The molecule has 82 valence electrons. The van der Waals surface area contributed by atoms with E-state index in [0.717, 1.165) is 0 Å². The number of carboxylic acid groups (broad SMARTS) is 1. The lowest BCUT2D eigenvalue weighted by Crippen LogP contribution is -2.01. The molecular formula is C11H8ClNO3. The van der Waals surface area contributed by atoms with E-state index < -0.39 is 5.97 Å². The van der Waals surface area contributed by atoms with Gasteiger partial charge < -0.3 is 10.2 Å². The Kier molecular flexibility index (Phi) is 2.66. The van der Waals surface area contributed by atoms with Crippen LogP contribution in [0.25, 0.3) is 10.9 Å². The van der Waals surface area contributed by atoms with Crippen LogP contribution in [0.3, 0.4) is 0 Å². The van der Waals surface area contributed by atoms with Crippen LogP contribution in [0, 0.1) is 0 Å². The van der Waals surface area contributed by atoms with E-state index in [0.29, 0.717) is 16.5 Å². The molecule has 2 N–H and O–H groups in total. The molecule has 2 aromatic rings. The smallest absolute Gasteiger partial charge is 0.307 e. The van der Waals surface area contributed by atoms with E-state index in [1.807, 2.05) is 0 Å². The molecule has 0 atom stereocenters. The van der Waals surface area contributed by atoms with Gasteiger partial charge in [0.2, 0.25) is 0 Å². The van der Waals surface area contributed by atoms with Crippen LogP contribution in [-0.4, -0.2) is 21.2 Å². The number of rotatable bonds is 2. The zero-order valence-corrected chi connectivity index (χ0v) is 8.90. The summed E-state index contributed by atoms with van der Waals surface area (Å²) in [7, 11) is 0. The molecule has 1 aromatic carbocycles. The molecule has 4 nitrogen and oxygen atoms in total. The van der Waals surface area contributed by atoms with Crippen molar-refractivity contribution in [2.24, 2.45) is 0 Å². The number of carbonyl (C=O) groups is 1. The van der Waals surface area contributed by atoms with Crippen molar-refractivity contribution < 1.29 is 15.0 Å². The van der Waals surface area contributed by atoms with Crippen LogP contribution in [0.4, 0.5) is 0 Å². The summed E-state index contributed by atoms with van der Waals surface area (Å²) in [5.74, 6) is -0.940. The van der Waals surface area contributed by atoms with Gasteiger partial charge in [-0.15, -0.1) is 0 Å². The summed E-state index contributed by atoms with van der Waals surface area (Å²) in [6, 6.07) is 6.53. The first kappa shape index (κ1) is 10.7. The predicted molar refractivity (Wildman–Crippen MR) is 59.8 cm³/mol. The van der Waals surface area contributed by atoms with Crippen molar-refractivity contribution in [3.8, 4) is 5.75 Å². The standard InChI is InChI=1S/C11H8ClNO3/c12-11-7(5-9(15)16)4-6-2-1-3-8(14)10(6)13-11/h1-4,14H,5H2,(H,15,16). The number of halogens is 1. The van der Waals surface area contributed by atoms with Gasteiger partial charge in [-0.25, -0.2) is 4.98 Å². The molecule has 1 aromatic heterocycles. The Morgan fingerprint density at radius 2 is 2.19 bits per heavy atom. The Labute approximate surface area is 96.1 Å². The maximum absolute atomic E-state index is 10.6. The Hall–Kier alpha value is -1.81. The molecule has 16 heavy (non-hydrogen) atoms. The molecule has 0 bridgehead atoms. The molecular weight excluding hydrogens is 230 g/mol. The van der Waals surface area contributed by atoms with Gasteiger partial charge in [0.15, 0.2) is 0 Å². The van der Waals surface area contributed by atoms with Gasteiger partial charge in [-0.05, 0) is 12.1 Å². The molecule has 0 saturated carbocycles. The maximum atomic E-state index is 10.6. The summed E-state index contributed by atoms with van der Waals surface area (Å²) in [5.41, 5.74) is 0.814. The molecule has 2 rings (SSSR count). The minimum absolute atomic E-state index is 0.0290. The van der Waals surface area contributed by atoms with Crippen molar-refractivity contribution in [1.82, 2.24) is 4.98 Å². The molecule has 0 saturated heterocycles. The highest BCUT2D eigenvalue weighted by atomic mass is 35.5. The van der Waals surface area contributed by atoms with Gasteiger partial charge >= 0.3 is 5.97 Å². The van der Waals surface area contributed by atoms with Crippen molar-refractivity contribution in [2.75, 3.05) is 0 Å². The highest BCUT2D eigenvalue weighted by Gasteiger charge is 2.10. The van der Waals surface area contributed by atoms with Gasteiger partial charge in [0.1, 0.15) is 16.4 Å². The topological polar surface area (TPSA) is 70.4 Å². The minimum Gasteiger partial charge on any atom is -0.506 e. The molecule has 0 amide bonds. The number of phenols is 1. The second-order valence-electron chi connectivity index (χ2n) is 3.36. The fourth-order valence-corrected chi connectivity index (χ4v) is 1.70. The monoisotopic (exact) mass is 237 g/mol. The third-order valence-electron chi connectivity index (χ3n) is 2.19. The van der Waals surface area contributed by atoms with E-state index in [4.69, 9.17) is 16.7 Å². The zero-order chi connectivity index (χ0) is 11.7. The van der Waals surface area contributed by atoms with Gasteiger partial charge in [-0.1, -0.05) is 23.7 Å². The summed E-state index contributed by atoms with van der Waals surface area (Å²) in [4.78, 5) is 14.6. The number of para-hydroxylation sites is 1. The fourth-order valence-electron chi connectivity index (χ4n) is 1.49. The first-order chi connectivity index (χ1) is 7.58. The van der Waals surface area contributed by atoms with E-state index in [-0.39, 0.29) is 17.3 Å². The lowest BCUT2D eigenvalue weighted by Gasteiger charge is -2.04. The van der Waals surface area contributed by atoms with Crippen LogP contribution in [0.15, 0.2) is 24.3 Å². The number of nitrogens with zero attached hydrogens (tertiary/aromatic N) is 1. The van der Waals surface area contributed by atoms with Gasteiger partial charge in [0.05, 0.1) is 6.42 Å². The van der Waals surface area contributed by atoms with Gasteiger partial charge in [0.25, 0.3) is 0 Å². The van der Waals surface area contributed by atoms with E-state index in [2.05, 4.69) is 4.98 Å². The summed E-state index contributed by atoms with van der Waals surface area (Å²) in [5, 5.41) is 19.0. The highest BCUT2D eigenvalue weighted by molar-refractivity contribution is 6.30. The van der Waals surface area contributed by atoms with Crippen LogP contribution in [-0.2, 0) is 11.2 Å². The van der Waals surface area contributed by atoms with Gasteiger partial charge in [0, 0.05) is 10.9 Å². The molecule has 0 aliphatic heterocycles. The Morgan fingerprint density at radius 3 is 2.88 bits per heavy atom. The maximum Gasteiger partial charge on any atom is 0.307 e.